The largest absolute Gasteiger partial charge is 0.376 e. The number of hydrogen-bond donors (Lipinski definition) is 2. The maximum atomic E-state index is 11.6. The molecule has 19 heavy (non-hydrogen) atoms. The number of aryl methyl sites for hydroxylation is 1. The summed E-state index contributed by atoms with van der Waals surface area (Å²) in [4.78, 5) is 22.0. The van der Waals surface area contributed by atoms with Crippen LogP contribution in [0.4, 0.5) is 11.4 Å². The first-order valence-electron chi connectivity index (χ1n) is 5.99. The Morgan fingerprint density at radius 1 is 1.37 bits per heavy atom. The zero-order valence-corrected chi connectivity index (χ0v) is 11.6. The molecular formula is C13H19N3O3. The second-order valence-corrected chi connectivity index (χ2v) is 5.41. The van der Waals surface area contributed by atoms with Gasteiger partial charge in [0, 0.05) is 22.9 Å². The normalized spacial score (nSPS) is 10.9. The summed E-state index contributed by atoms with van der Waals surface area (Å²) in [7, 11) is 0. The van der Waals surface area contributed by atoms with Crippen LogP contribution in [-0.2, 0) is 4.79 Å². The standard InChI is InChI=1S/C13H19N3O3/c1-9-5-6-10(7-11(9)16(18)19)14-8-12(17)15-13(2,3)4/h5-7,14H,8H2,1-4H3,(H,15,17). The van der Waals surface area contributed by atoms with Gasteiger partial charge in [0.15, 0.2) is 0 Å². The van der Waals surface area contributed by atoms with Gasteiger partial charge in [-0.15, -0.1) is 0 Å². The summed E-state index contributed by atoms with van der Waals surface area (Å²) in [6.07, 6.45) is 0. The molecule has 0 radical (unpaired) electrons. The minimum atomic E-state index is -0.435. The number of carbonyl (C=O) groups excluding carboxylic acids is 1. The molecule has 6 heteroatoms. The smallest absolute Gasteiger partial charge is 0.274 e. The van der Waals surface area contributed by atoms with Crippen molar-refractivity contribution in [3.05, 3.63) is 33.9 Å². The number of nitro benzene ring substituents is 1. The quantitative estimate of drug-likeness (QED) is 0.646. The molecule has 0 bridgehead atoms. The lowest BCUT2D eigenvalue weighted by atomic mass is 10.1. The van der Waals surface area contributed by atoms with Crippen LogP contribution in [0.1, 0.15) is 26.3 Å². The number of nitro groups is 1. The van der Waals surface area contributed by atoms with Crippen molar-refractivity contribution in [2.45, 2.75) is 33.2 Å². The lowest BCUT2D eigenvalue weighted by Gasteiger charge is -2.20. The van der Waals surface area contributed by atoms with Gasteiger partial charge in [-0.1, -0.05) is 6.07 Å². The summed E-state index contributed by atoms with van der Waals surface area (Å²) < 4.78 is 0. The maximum absolute atomic E-state index is 11.6. The van der Waals surface area contributed by atoms with E-state index >= 15 is 0 Å². The molecule has 0 aliphatic carbocycles. The molecule has 0 unspecified atom stereocenters. The highest BCUT2D eigenvalue weighted by molar-refractivity contribution is 5.81. The van der Waals surface area contributed by atoms with Crippen LogP contribution < -0.4 is 10.6 Å². The van der Waals surface area contributed by atoms with Gasteiger partial charge in [0.05, 0.1) is 11.5 Å². The van der Waals surface area contributed by atoms with Gasteiger partial charge in [-0.3, -0.25) is 14.9 Å². The Hall–Kier alpha value is -2.11. The van der Waals surface area contributed by atoms with Gasteiger partial charge in [-0.25, -0.2) is 0 Å². The molecule has 0 aliphatic heterocycles. The Labute approximate surface area is 112 Å². The van der Waals surface area contributed by atoms with E-state index in [1.807, 2.05) is 20.8 Å². The molecule has 0 atom stereocenters. The summed E-state index contributed by atoms with van der Waals surface area (Å²) in [6.45, 7) is 7.43. The summed E-state index contributed by atoms with van der Waals surface area (Å²) in [6, 6.07) is 4.80. The summed E-state index contributed by atoms with van der Waals surface area (Å²) in [5.41, 5.74) is 0.898. The molecule has 1 rings (SSSR count). The Morgan fingerprint density at radius 2 is 2.00 bits per heavy atom. The molecule has 6 nitrogen and oxygen atoms in total. The van der Waals surface area contributed by atoms with Crippen molar-refractivity contribution in [3.8, 4) is 0 Å². The van der Waals surface area contributed by atoms with E-state index in [9.17, 15) is 14.9 Å². The van der Waals surface area contributed by atoms with Gasteiger partial charge in [0.25, 0.3) is 5.69 Å². The lowest BCUT2D eigenvalue weighted by Crippen LogP contribution is -2.43. The Bertz CT molecular complexity index is 492. The van der Waals surface area contributed by atoms with Crippen molar-refractivity contribution >= 4 is 17.3 Å². The van der Waals surface area contributed by atoms with Crippen molar-refractivity contribution in [1.29, 1.82) is 0 Å². The van der Waals surface area contributed by atoms with Crippen LogP contribution in [0.3, 0.4) is 0 Å². The lowest BCUT2D eigenvalue weighted by molar-refractivity contribution is -0.385. The fraction of sp³-hybridized carbons (Fsp3) is 0.462. The number of hydrogen-bond acceptors (Lipinski definition) is 4. The Morgan fingerprint density at radius 3 is 2.53 bits per heavy atom. The summed E-state index contributed by atoms with van der Waals surface area (Å²) in [5.74, 6) is -0.157. The predicted molar refractivity (Wildman–Crippen MR) is 74.2 cm³/mol. The van der Waals surface area contributed by atoms with Gasteiger partial charge < -0.3 is 10.6 Å². The van der Waals surface area contributed by atoms with Crippen molar-refractivity contribution in [3.63, 3.8) is 0 Å². The van der Waals surface area contributed by atoms with E-state index in [0.29, 0.717) is 11.3 Å². The maximum Gasteiger partial charge on any atom is 0.274 e. The van der Waals surface area contributed by atoms with Crippen LogP contribution in [0.5, 0.6) is 0 Å². The number of amides is 1. The predicted octanol–water partition coefficient (Wildman–Crippen LogP) is 2.23. The zero-order valence-electron chi connectivity index (χ0n) is 11.6. The molecule has 0 spiro atoms. The van der Waals surface area contributed by atoms with Crippen LogP contribution in [-0.4, -0.2) is 22.9 Å². The Kier molecular flexibility index (Phi) is 4.47. The monoisotopic (exact) mass is 265 g/mol. The zero-order chi connectivity index (χ0) is 14.6. The third kappa shape index (κ3) is 4.95. The first-order valence-corrected chi connectivity index (χ1v) is 5.99. The van der Waals surface area contributed by atoms with Crippen molar-refractivity contribution in [2.75, 3.05) is 11.9 Å². The van der Waals surface area contributed by atoms with E-state index in [1.54, 1.807) is 19.1 Å². The van der Waals surface area contributed by atoms with E-state index < -0.39 is 4.92 Å². The minimum absolute atomic E-state index is 0.0428. The number of carbonyl (C=O) groups is 1. The summed E-state index contributed by atoms with van der Waals surface area (Å²) >= 11 is 0. The van der Waals surface area contributed by atoms with E-state index in [2.05, 4.69) is 10.6 Å². The second kappa shape index (κ2) is 5.69. The average Bonchev–Trinajstić information content (AvgIpc) is 2.25. The molecule has 0 fully saturated rings. The highest BCUT2D eigenvalue weighted by atomic mass is 16.6. The van der Waals surface area contributed by atoms with Crippen molar-refractivity contribution in [2.24, 2.45) is 0 Å². The number of rotatable bonds is 4. The average molecular weight is 265 g/mol. The SMILES string of the molecule is Cc1ccc(NCC(=O)NC(C)(C)C)cc1[N+](=O)[O-]. The molecule has 0 saturated carbocycles. The number of nitrogens with zero attached hydrogens (tertiary/aromatic N) is 1. The van der Waals surface area contributed by atoms with Crippen molar-refractivity contribution < 1.29 is 9.72 Å². The minimum Gasteiger partial charge on any atom is -0.376 e. The second-order valence-electron chi connectivity index (χ2n) is 5.41. The van der Waals surface area contributed by atoms with Crippen molar-refractivity contribution in [1.82, 2.24) is 5.32 Å². The summed E-state index contributed by atoms with van der Waals surface area (Å²) in [5, 5.41) is 16.5. The molecular weight excluding hydrogens is 246 g/mol. The molecule has 0 aliphatic rings. The van der Waals surface area contributed by atoms with Gasteiger partial charge in [-0.2, -0.15) is 0 Å². The number of benzene rings is 1. The number of nitrogens with one attached hydrogen (secondary N) is 2. The van der Waals surface area contributed by atoms with Gasteiger partial charge in [0.2, 0.25) is 5.91 Å². The molecule has 1 aromatic rings. The van der Waals surface area contributed by atoms with E-state index in [0.717, 1.165) is 0 Å². The van der Waals surface area contributed by atoms with Crippen LogP contribution in [0, 0.1) is 17.0 Å². The van der Waals surface area contributed by atoms with E-state index in [-0.39, 0.29) is 23.7 Å². The Balaban J connectivity index is 2.66. The first-order chi connectivity index (χ1) is 8.69. The third-order valence-electron chi connectivity index (χ3n) is 2.37. The molecule has 2 N–H and O–H groups in total. The molecule has 1 aromatic carbocycles. The molecule has 104 valence electrons. The third-order valence-corrected chi connectivity index (χ3v) is 2.37. The van der Waals surface area contributed by atoms with E-state index in [1.165, 1.54) is 6.07 Å². The molecule has 0 heterocycles. The fourth-order valence-electron chi connectivity index (χ4n) is 1.56. The van der Waals surface area contributed by atoms with Gasteiger partial charge >= 0.3 is 0 Å². The molecule has 0 aromatic heterocycles. The number of anilines is 1. The van der Waals surface area contributed by atoms with Gasteiger partial charge in [0.1, 0.15) is 0 Å². The van der Waals surface area contributed by atoms with Crippen LogP contribution in [0.25, 0.3) is 0 Å². The molecule has 1 amide bonds. The highest BCUT2D eigenvalue weighted by Crippen LogP contribution is 2.21. The molecule has 0 saturated heterocycles. The van der Waals surface area contributed by atoms with Crippen LogP contribution in [0.15, 0.2) is 18.2 Å². The highest BCUT2D eigenvalue weighted by Gasteiger charge is 2.14. The topological polar surface area (TPSA) is 84.3 Å². The van der Waals surface area contributed by atoms with E-state index in [4.69, 9.17) is 0 Å². The van der Waals surface area contributed by atoms with Gasteiger partial charge in [-0.05, 0) is 33.8 Å². The van der Waals surface area contributed by atoms with Crippen LogP contribution in [0.2, 0.25) is 0 Å². The first kappa shape index (κ1) is 14.9. The fourth-order valence-corrected chi connectivity index (χ4v) is 1.56. The van der Waals surface area contributed by atoms with Crippen LogP contribution >= 0.6 is 0 Å².